The van der Waals surface area contributed by atoms with Crippen molar-refractivity contribution in [2.24, 2.45) is 0 Å². The maximum Gasteiger partial charge on any atom is 0.0322 e. The summed E-state index contributed by atoms with van der Waals surface area (Å²) < 4.78 is 0. The van der Waals surface area contributed by atoms with Gasteiger partial charge in [-0.2, -0.15) is 0 Å². The van der Waals surface area contributed by atoms with Crippen LogP contribution in [-0.4, -0.2) is 0 Å². The summed E-state index contributed by atoms with van der Waals surface area (Å²) in [7, 11) is 0. The van der Waals surface area contributed by atoms with Crippen LogP contribution in [0.5, 0.6) is 0 Å². The number of hydrogen-bond acceptors (Lipinski definition) is 0. The van der Waals surface area contributed by atoms with Crippen LogP contribution in [0.1, 0.15) is 26.7 Å². The third-order valence-corrected chi connectivity index (χ3v) is 1.64. The molecule has 0 aromatic carbocycles. The average Bonchev–Trinajstić information content (AvgIpc) is 1.67. The van der Waals surface area contributed by atoms with Gasteiger partial charge in [-0.25, -0.2) is 0 Å². The summed E-state index contributed by atoms with van der Waals surface area (Å²) in [5.74, 6) is 0. The van der Waals surface area contributed by atoms with E-state index in [9.17, 15) is 0 Å². The highest BCUT2D eigenvalue weighted by molar-refractivity contribution is 6.38. The summed E-state index contributed by atoms with van der Waals surface area (Å²) in [6, 6.07) is 0. The van der Waals surface area contributed by atoms with E-state index in [1.165, 1.54) is 0 Å². The predicted molar refractivity (Wildman–Crippen MR) is 39.3 cm³/mol. The lowest BCUT2D eigenvalue weighted by Gasteiger charge is -1.93. The molecule has 0 rings (SSSR count). The summed E-state index contributed by atoms with van der Waals surface area (Å²) >= 11 is 11.2. The molecule has 0 nitrogen and oxygen atoms in total. The van der Waals surface area contributed by atoms with E-state index in [0.29, 0.717) is 5.03 Å². The zero-order valence-corrected chi connectivity index (χ0v) is 6.68. The van der Waals surface area contributed by atoms with Crippen LogP contribution < -0.4 is 0 Å². The van der Waals surface area contributed by atoms with E-state index in [-0.39, 0.29) is 0 Å². The second-order valence-corrected chi connectivity index (χ2v) is 2.71. The monoisotopic (exact) mass is 152 g/mol. The number of allylic oxidation sites excluding steroid dienone is 2. The Kier molecular flexibility index (Phi) is 4.39. The van der Waals surface area contributed by atoms with Crippen LogP contribution in [0.2, 0.25) is 0 Å². The standard InChI is InChI=1S/C6H10Cl2/c1-3-4-6(8)5(2)7/h3-4H2,1-2H3. The summed E-state index contributed by atoms with van der Waals surface area (Å²) in [6.07, 6.45) is 1.96. The second kappa shape index (κ2) is 4.22. The molecular formula is C6H10Cl2. The van der Waals surface area contributed by atoms with E-state index in [2.05, 4.69) is 6.92 Å². The third-order valence-electron chi connectivity index (χ3n) is 0.843. The van der Waals surface area contributed by atoms with Gasteiger partial charge in [0, 0.05) is 10.1 Å². The van der Waals surface area contributed by atoms with E-state index >= 15 is 0 Å². The van der Waals surface area contributed by atoms with Crippen LogP contribution in [0.3, 0.4) is 0 Å². The van der Waals surface area contributed by atoms with E-state index in [1.807, 2.05) is 0 Å². The molecule has 0 saturated heterocycles. The summed E-state index contributed by atoms with van der Waals surface area (Å²) in [5.41, 5.74) is 0. The Morgan fingerprint density at radius 3 is 2.00 bits per heavy atom. The fourth-order valence-corrected chi connectivity index (χ4v) is 0.675. The van der Waals surface area contributed by atoms with Crippen LogP contribution >= 0.6 is 23.2 Å². The summed E-state index contributed by atoms with van der Waals surface area (Å²) in [6.45, 7) is 3.88. The topological polar surface area (TPSA) is 0 Å². The van der Waals surface area contributed by atoms with E-state index in [4.69, 9.17) is 23.2 Å². The molecule has 2 heteroatoms. The fraction of sp³-hybridized carbons (Fsp3) is 0.667. The lowest BCUT2D eigenvalue weighted by atomic mass is 10.3. The largest absolute Gasteiger partial charge is 0.0882 e. The number of hydrogen-bond donors (Lipinski definition) is 0. The molecule has 0 aliphatic carbocycles. The zero-order valence-electron chi connectivity index (χ0n) is 5.17. The van der Waals surface area contributed by atoms with Gasteiger partial charge in [-0.3, -0.25) is 0 Å². The van der Waals surface area contributed by atoms with Crippen molar-refractivity contribution in [3.05, 3.63) is 10.1 Å². The van der Waals surface area contributed by atoms with Crippen molar-refractivity contribution in [1.82, 2.24) is 0 Å². The van der Waals surface area contributed by atoms with Crippen molar-refractivity contribution in [2.75, 3.05) is 0 Å². The average molecular weight is 153 g/mol. The van der Waals surface area contributed by atoms with Gasteiger partial charge >= 0.3 is 0 Å². The predicted octanol–water partition coefficient (Wildman–Crippen LogP) is 3.50. The molecule has 0 aliphatic rings. The molecule has 0 unspecified atom stereocenters. The smallest absolute Gasteiger partial charge is 0.0322 e. The number of rotatable bonds is 2. The molecule has 0 heterocycles. The maximum atomic E-state index is 5.66. The molecule has 48 valence electrons. The lowest BCUT2D eigenvalue weighted by molar-refractivity contribution is 0.940. The molecule has 0 spiro atoms. The molecule has 8 heavy (non-hydrogen) atoms. The lowest BCUT2D eigenvalue weighted by Crippen LogP contribution is -1.71. The van der Waals surface area contributed by atoms with Gasteiger partial charge in [-0.1, -0.05) is 36.5 Å². The van der Waals surface area contributed by atoms with E-state index < -0.39 is 0 Å². The molecule has 0 aromatic rings. The number of halogens is 2. The van der Waals surface area contributed by atoms with Crippen LogP contribution in [0.25, 0.3) is 0 Å². The highest BCUT2D eigenvalue weighted by Gasteiger charge is 1.92. The first-order valence-electron chi connectivity index (χ1n) is 2.69. The molecule has 0 fully saturated rings. The van der Waals surface area contributed by atoms with Gasteiger partial charge in [0.2, 0.25) is 0 Å². The highest BCUT2D eigenvalue weighted by Crippen LogP contribution is 2.17. The first-order chi connectivity index (χ1) is 3.68. The van der Waals surface area contributed by atoms with Gasteiger partial charge in [0.1, 0.15) is 0 Å². The Morgan fingerprint density at radius 1 is 1.38 bits per heavy atom. The third kappa shape index (κ3) is 3.34. The van der Waals surface area contributed by atoms with Gasteiger partial charge in [-0.15, -0.1) is 0 Å². The first kappa shape index (κ1) is 8.32. The second-order valence-electron chi connectivity index (χ2n) is 1.69. The molecule has 0 atom stereocenters. The van der Waals surface area contributed by atoms with Crippen molar-refractivity contribution in [3.8, 4) is 0 Å². The van der Waals surface area contributed by atoms with Crippen LogP contribution in [0.15, 0.2) is 10.1 Å². The molecule has 0 aliphatic heterocycles. The molecule has 0 saturated carbocycles. The van der Waals surface area contributed by atoms with Gasteiger partial charge in [-0.05, 0) is 13.3 Å². The summed E-state index contributed by atoms with van der Waals surface area (Å²) in [5, 5.41) is 1.50. The SMILES string of the molecule is CCCC(Cl)=C(C)Cl. The Bertz CT molecular complexity index is 90.7. The van der Waals surface area contributed by atoms with E-state index in [0.717, 1.165) is 17.9 Å². The van der Waals surface area contributed by atoms with Gasteiger partial charge in [0.25, 0.3) is 0 Å². The maximum absolute atomic E-state index is 5.66. The van der Waals surface area contributed by atoms with Gasteiger partial charge < -0.3 is 0 Å². The Morgan fingerprint density at radius 2 is 1.88 bits per heavy atom. The quantitative estimate of drug-likeness (QED) is 0.569. The molecule has 0 radical (unpaired) electrons. The minimum atomic E-state index is 0.716. The zero-order chi connectivity index (χ0) is 6.57. The molecule has 0 bridgehead atoms. The molecule has 0 aromatic heterocycles. The molecule has 0 amide bonds. The summed E-state index contributed by atoms with van der Waals surface area (Å²) in [4.78, 5) is 0. The van der Waals surface area contributed by atoms with Crippen LogP contribution in [-0.2, 0) is 0 Å². The van der Waals surface area contributed by atoms with Gasteiger partial charge in [0.15, 0.2) is 0 Å². The van der Waals surface area contributed by atoms with Crippen molar-refractivity contribution >= 4 is 23.2 Å². The minimum absolute atomic E-state index is 0.716. The molecular weight excluding hydrogens is 143 g/mol. The molecule has 0 N–H and O–H groups in total. The normalized spacial score (nSPS) is 13.5. The fourth-order valence-electron chi connectivity index (χ4n) is 0.392. The highest BCUT2D eigenvalue weighted by atomic mass is 35.5. The van der Waals surface area contributed by atoms with Crippen LogP contribution in [0, 0.1) is 0 Å². The van der Waals surface area contributed by atoms with Crippen molar-refractivity contribution in [2.45, 2.75) is 26.7 Å². The van der Waals surface area contributed by atoms with Gasteiger partial charge in [0.05, 0.1) is 0 Å². The Balaban J connectivity index is 3.62. The first-order valence-corrected chi connectivity index (χ1v) is 3.44. The van der Waals surface area contributed by atoms with Crippen LogP contribution in [0.4, 0.5) is 0 Å². The van der Waals surface area contributed by atoms with Crippen molar-refractivity contribution in [3.63, 3.8) is 0 Å². The Labute approximate surface area is 60.5 Å². The van der Waals surface area contributed by atoms with E-state index in [1.54, 1.807) is 6.92 Å². The minimum Gasteiger partial charge on any atom is -0.0882 e. The van der Waals surface area contributed by atoms with Crippen molar-refractivity contribution in [1.29, 1.82) is 0 Å². The van der Waals surface area contributed by atoms with Crippen molar-refractivity contribution < 1.29 is 0 Å². The Hall–Kier alpha value is 0.320.